The molecule has 0 spiro atoms. The maximum absolute atomic E-state index is 5.21. The summed E-state index contributed by atoms with van der Waals surface area (Å²) in [7, 11) is 5.53. The summed E-state index contributed by atoms with van der Waals surface area (Å²) in [5, 5.41) is 3.43. The highest BCUT2D eigenvalue weighted by atomic mass is 127. The summed E-state index contributed by atoms with van der Waals surface area (Å²) in [6.07, 6.45) is 1.89. The zero-order chi connectivity index (χ0) is 19.1. The summed E-state index contributed by atoms with van der Waals surface area (Å²) >= 11 is 0. The molecule has 0 unspecified atom stereocenters. The van der Waals surface area contributed by atoms with E-state index in [-0.39, 0.29) is 24.0 Å². The van der Waals surface area contributed by atoms with Gasteiger partial charge in [-0.15, -0.1) is 24.0 Å². The first-order chi connectivity index (χ1) is 13.2. The Morgan fingerprint density at radius 2 is 1.93 bits per heavy atom. The van der Waals surface area contributed by atoms with Crippen LogP contribution in [-0.2, 0) is 13.0 Å². The van der Waals surface area contributed by atoms with Gasteiger partial charge in [-0.05, 0) is 36.2 Å². The fourth-order valence-electron chi connectivity index (χ4n) is 3.04. The monoisotopic (exact) mass is 493 g/mol. The van der Waals surface area contributed by atoms with Gasteiger partial charge in [-0.1, -0.05) is 24.3 Å². The van der Waals surface area contributed by atoms with Crippen LogP contribution < -0.4 is 10.1 Å². The second-order valence-electron chi connectivity index (χ2n) is 6.48. The van der Waals surface area contributed by atoms with Crippen molar-refractivity contribution < 1.29 is 4.74 Å². The van der Waals surface area contributed by atoms with Crippen LogP contribution in [-0.4, -0.2) is 48.6 Å². The Kier molecular flexibility index (Phi) is 8.56. The molecule has 2 N–H and O–H groups in total. The zero-order valence-electron chi connectivity index (χ0n) is 16.6. The molecule has 6 nitrogen and oxygen atoms in total. The second-order valence-corrected chi connectivity index (χ2v) is 6.48. The largest absolute Gasteiger partial charge is 0.497 e. The van der Waals surface area contributed by atoms with Gasteiger partial charge in [0.2, 0.25) is 0 Å². The number of aromatic amines is 1. The maximum Gasteiger partial charge on any atom is 0.193 e. The first-order valence-corrected chi connectivity index (χ1v) is 9.18. The number of para-hydroxylation sites is 2. The molecule has 0 atom stereocenters. The SMILES string of the molecule is CN=C(NCCCc1nc2ccccc2[nH]1)N(C)Cc1ccc(OC)cc1.I. The number of nitrogens with zero attached hydrogens (tertiary/aromatic N) is 3. The van der Waals surface area contributed by atoms with E-state index in [9.17, 15) is 0 Å². The van der Waals surface area contributed by atoms with Crippen molar-refractivity contribution in [3.8, 4) is 5.75 Å². The molecule has 0 saturated carbocycles. The molecule has 0 amide bonds. The quantitative estimate of drug-likeness (QED) is 0.227. The van der Waals surface area contributed by atoms with E-state index in [1.807, 2.05) is 44.4 Å². The molecular formula is C21H28IN5O. The lowest BCUT2D eigenvalue weighted by Crippen LogP contribution is -2.39. The van der Waals surface area contributed by atoms with Gasteiger partial charge in [0.15, 0.2) is 5.96 Å². The Bertz CT molecular complexity index is 858. The summed E-state index contributed by atoms with van der Waals surface area (Å²) in [6.45, 7) is 1.63. The number of guanidine groups is 1. The molecule has 0 aliphatic heterocycles. The summed E-state index contributed by atoms with van der Waals surface area (Å²) < 4.78 is 5.21. The van der Waals surface area contributed by atoms with Gasteiger partial charge in [0.25, 0.3) is 0 Å². The van der Waals surface area contributed by atoms with Gasteiger partial charge >= 0.3 is 0 Å². The van der Waals surface area contributed by atoms with Crippen LogP contribution in [0.4, 0.5) is 0 Å². The number of H-pyrrole nitrogens is 1. The Morgan fingerprint density at radius 1 is 1.18 bits per heavy atom. The van der Waals surface area contributed by atoms with Crippen LogP contribution in [0.25, 0.3) is 11.0 Å². The topological polar surface area (TPSA) is 65.5 Å². The van der Waals surface area contributed by atoms with Crippen LogP contribution in [0.3, 0.4) is 0 Å². The molecule has 0 fully saturated rings. The number of imidazole rings is 1. The fraction of sp³-hybridized carbons (Fsp3) is 0.333. The minimum atomic E-state index is 0. The average Bonchev–Trinajstić information content (AvgIpc) is 3.11. The van der Waals surface area contributed by atoms with Crippen LogP contribution in [0.5, 0.6) is 5.75 Å². The minimum Gasteiger partial charge on any atom is -0.497 e. The van der Waals surface area contributed by atoms with E-state index in [4.69, 9.17) is 4.74 Å². The molecule has 0 aliphatic rings. The summed E-state index contributed by atoms with van der Waals surface area (Å²) in [4.78, 5) is 14.5. The number of aliphatic imine (C=N–C) groups is 1. The number of hydrogen-bond donors (Lipinski definition) is 2. The van der Waals surface area contributed by atoms with Crippen LogP contribution >= 0.6 is 24.0 Å². The van der Waals surface area contributed by atoms with Gasteiger partial charge in [-0.25, -0.2) is 4.98 Å². The van der Waals surface area contributed by atoms with Crippen molar-refractivity contribution in [1.82, 2.24) is 20.2 Å². The highest BCUT2D eigenvalue weighted by molar-refractivity contribution is 14.0. The van der Waals surface area contributed by atoms with Crippen molar-refractivity contribution in [2.45, 2.75) is 19.4 Å². The molecule has 150 valence electrons. The highest BCUT2D eigenvalue weighted by Gasteiger charge is 2.07. The van der Waals surface area contributed by atoms with Gasteiger partial charge in [-0.2, -0.15) is 0 Å². The number of benzene rings is 2. The minimum absolute atomic E-state index is 0. The van der Waals surface area contributed by atoms with Crippen LogP contribution in [0.1, 0.15) is 17.8 Å². The number of ether oxygens (including phenoxy) is 1. The summed E-state index contributed by atoms with van der Waals surface area (Å²) in [5.74, 6) is 2.78. The lowest BCUT2D eigenvalue weighted by Gasteiger charge is -2.22. The summed E-state index contributed by atoms with van der Waals surface area (Å²) in [5.41, 5.74) is 3.33. The molecule has 0 aliphatic carbocycles. The van der Waals surface area contributed by atoms with E-state index in [0.29, 0.717) is 0 Å². The van der Waals surface area contributed by atoms with E-state index >= 15 is 0 Å². The van der Waals surface area contributed by atoms with E-state index in [1.54, 1.807) is 7.11 Å². The van der Waals surface area contributed by atoms with Gasteiger partial charge < -0.3 is 19.9 Å². The Morgan fingerprint density at radius 3 is 2.61 bits per heavy atom. The Labute approximate surface area is 183 Å². The molecule has 0 bridgehead atoms. The molecule has 7 heteroatoms. The van der Waals surface area contributed by atoms with E-state index in [2.05, 4.69) is 43.4 Å². The fourth-order valence-corrected chi connectivity index (χ4v) is 3.04. The average molecular weight is 493 g/mol. The van der Waals surface area contributed by atoms with Gasteiger partial charge in [-0.3, -0.25) is 4.99 Å². The third kappa shape index (κ3) is 5.85. The number of nitrogens with one attached hydrogen (secondary N) is 2. The zero-order valence-corrected chi connectivity index (χ0v) is 18.9. The number of aromatic nitrogens is 2. The molecule has 1 heterocycles. The van der Waals surface area contributed by atoms with Crippen molar-refractivity contribution in [1.29, 1.82) is 0 Å². The standard InChI is InChI=1S/C21H27N5O.HI/c1-22-21(26(2)15-16-10-12-17(27-3)13-11-16)23-14-6-9-20-24-18-7-4-5-8-19(18)25-20;/h4-5,7-8,10-13H,6,9,14-15H2,1-3H3,(H,22,23)(H,24,25);1H. The molecule has 0 saturated heterocycles. The van der Waals surface area contributed by atoms with Gasteiger partial charge in [0.05, 0.1) is 18.1 Å². The number of hydrogen-bond acceptors (Lipinski definition) is 3. The van der Waals surface area contributed by atoms with Gasteiger partial charge in [0.1, 0.15) is 11.6 Å². The lowest BCUT2D eigenvalue weighted by molar-refractivity contribution is 0.414. The molecule has 3 rings (SSSR count). The molecule has 0 radical (unpaired) electrons. The highest BCUT2D eigenvalue weighted by Crippen LogP contribution is 2.13. The van der Waals surface area contributed by atoms with E-state index in [1.165, 1.54) is 5.56 Å². The second kappa shape index (κ2) is 10.9. The van der Waals surface area contributed by atoms with Crippen molar-refractivity contribution in [3.63, 3.8) is 0 Å². The number of halogens is 1. The van der Waals surface area contributed by atoms with Crippen molar-refractivity contribution in [2.24, 2.45) is 4.99 Å². The van der Waals surface area contributed by atoms with Crippen LogP contribution in [0, 0.1) is 0 Å². The predicted octanol–water partition coefficient (Wildman–Crippen LogP) is 3.83. The maximum atomic E-state index is 5.21. The number of methoxy groups -OCH3 is 1. The molecule has 28 heavy (non-hydrogen) atoms. The third-order valence-electron chi connectivity index (χ3n) is 4.46. The van der Waals surface area contributed by atoms with Crippen molar-refractivity contribution >= 4 is 41.0 Å². The first-order valence-electron chi connectivity index (χ1n) is 9.18. The smallest absolute Gasteiger partial charge is 0.193 e. The molecule has 2 aromatic carbocycles. The van der Waals surface area contributed by atoms with Crippen molar-refractivity contribution in [2.75, 3.05) is 27.7 Å². The number of aryl methyl sites for hydroxylation is 1. The Hall–Kier alpha value is -2.29. The molecule has 3 aromatic rings. The van der Waals surface area contributed by atoms with Crippen LogP contribution in [0.15, 0.2) is 53.5 Å². The van der Waals surface area contributed by atoms with Gasteiger partial charge in [0, 0.05) is 33.6 Å². The third-order valence-corrected chi connectivity index (χ3v) is 4.46. The van der Waals surface area contributed by atoms with E-state index < -0.39 is 0 Å². The number of rotatable bonds is 7. The predicted molar refractivity (Wildman–Crippen MR) is 126 cm³/mol. The first kappa shape index (κ1) is 22.0. The molecular weight excluding hydrogens is 465 g/mol. The van der Waals surface area contributed by atoms with Crippen molar-refractivity contribution in [3.05, 3.63) is 59.9 Å². The normalized spacial score (nSPS) is 11.2. The number of fused-ring (bicyclic) bond motifs is 1. The van der Waals surface area contributed by atoms with E-state index in [0.717, 1.165) is 54.5 Å². The summed E-state index contributed by atoms with van der Waals surface area (Å²) in [6, 6.07) is 16.2. The lowest BCUT2D eigenvalue weighted by atomic mass is 10.2. The Balaban J connectivity index is 0.00000280. The molecule has 1 aromatic heterocycles. The van der Waals surface area contributed by atoms with Crippen LogP contribution in [0.2, 0.25) is 0 Å².